The van der Waals surface area contributed by atoms with E-state index in [9.17, 15) is 9.18 Å². The van der Waals surface area contributed by atoms with Gasteiger partial charge in [0.05, 0.1) is 4.47 Å². The van der Waals surface area contributed by atoms with E-state index in [2.05, 4.69) is 31.4 Å². The molecule has 4 nitrogen and oxygen atoms in total. The first-order valence-electron chi connectivity index (χ1n) is 8.31. The van der Waals surface area contributed by atoms with Gasteiger partial charge in [-0.15, -0.1) is 0 Å². The van der Waals surface area contributed by atoms with Crippen molar-refractivity contribution in [1.82, 2.24) is 15.5 Å². The topological polar surface area (TPSA) is 57.8 Å². The second-order valence-corrected chi connectivity index (χ2v) is 7.02. The lowest BCUT2D eigenvalue weighted by Crippen LogP contribution is -2.28. The van der Waals surface area contributed by atoms with Crippen molar-refractivity contribution in [3.05, 3.63) is 75.8 Å². The lowest BCUT2D eigenvalue weighted by Gasteiger charge is -2.15. The highest BCUT2D eigenvalue weighted by molar-refractivity contribution is 9.10. The van der Waals surface area contributed by atoms with Crippen LogP contribution in [-0.4, -0.2) is 22.6 Å². The second kappa shape index (κ2) is 7.83. The molecule has 0 aliphatic carbocycles. The molecule has 0 radical (unpaired) electrons. The molecular weight excluding hydrogens is 397 g/mol. The Hall–Kier alpha value is -2.47. The molecule has 1 atom stereocenters. The van der Waals surface area contributed by atoms with Crippen molar-refractivity contribution in [3.63, 3.8) is 0 Å². The maximum absolute atomic E-state index is 14.6. The predicted molar refractivity (Wildman–Crippen MR) is 104 cm³/mol. The lowest BCUT2D eigenvalue weighted by molar-refractivity contribution is 0.0945. The fourth-order valence-electron chi connectivity index (χ4n) is 2.74. The van der Waals surface area contributed by atoms with Gasteiger partial charge in [-0.25, -0.2) is 4.39 Å². The average Bonchev–Trinajstić information content (AvgIpc) is 2.99. The number of nitrogens with zero attached hydrogens (tertiary/aromatic N) is 1. The highest BCUT2D eigenvalue weighted by Gasteiger charge is 2.18. The number of aromatic amines is 1. The second-order valence-electron chi connectivity index (χ2n) is 6.22. The van der Waals surface area contributed by atoms with E-state index in [0.29, 0.717) is 22.3 Å². The molecule has 0 saturated carbocycles. The third-order valence-corrected chi connectivity index (χ3v) is 5.27. The number of benzene rings is 2. The molecule has 2 aromatic carbocycles. The Morgan fingerprint density at radius 2 is 1.96 bits per heavy atom. The van der Waals surface area contributed by atoms with E-state index in [4.69, 9.17) is 0 Å². The summed E-state index contributed by atoms with van der Waals surface area (Å²) in [4.78, 5) is 12.2. The van der Waals surface area contributed by atoms with Crippen LogP contribution in [0.4, 0.5) is 4.39 Å². The quantitative estimate of drug-likeness (QED) is 0.627. The smallest absolute Gasteiger partial charge is 0.272 e. The van der Waals surface area contributed by atoms with Gasteiger partial charge < -0.3 is 5.32 Å². The Morgan fingerprint density at radius 3 is 2.58 bits per heavy atom. The van der Waals surface area contributed by atoms with Crippen LogP contribution < -0.4 is 5.32 Å². The largest absolute Gasteiger partial charge is 0.350 e. The SMILES string of the molecule is Cc1[nH]nc(C(=O)NCC(C)c2ccc(-c3ccccc3)cc2F)c1Br. The number of amides is 1. The fraction of sp³-hybridized carbons (Fsp3) is 0.200. The summed E-state index contributed by atoms with van der Waals surface area (Å²) < 4.78 is 15.2. The zero-order valence-electron chi connectivity index (χ0n) is 14.5. The van der Waals surface area contributed by atoms with Crippen molar-refractivity contribution < 1.29 is 9.18 Å². The molecule has 134 valence electrons. The number of nitrogens with one attached hydrogen (secondary N) is 2. The molecular formula is C20H19BrFN3O. The molecule has 1 heterocycles. The highest BCUT2D eigenvalue weighted by atomic mass is 79.9. The van der Waals surface area contributed by atoms with Crippen molar-refractivity contribution in [2.45, 2.75) is 19.8 Å². The van der Waals surface area contributed by atoms with Crippen LogP contribution in [0, 0.1) is 12.7 Å². The van der Waals surface area contributed by atoms with Gasteiger partial charge in [0, 0.05) is 18.2 Å². The number of H-pyrrole nitrogens is 1. The zero-order valence-corrected chi connectivity index (χ0v) is 16.1. The number of halogens is 2. The van der Waals surface area contributed by atoms with Gasteiger partial charge in [-0.2, -0.15) is 5.10 Å². The molecule has 0 aliphatic heterocycles. The number of aromatic nitrogens is 2. The van der Waals surface area contributed by atoms with Crippen LogP contribution >= 0.6 is 15.9 Å². The maximum atomic E-state index is 14.6. The predicted octanol–water partition coefficient (Wildman–Crippen LogP) is 4.82. The molecule has 0 spiro atoms. The minimum atomic E-state index is -0.297. The van der Waals surface area contributed by atoms with Gasteiger partial charge in [-0.1, -0.05) is 49.4 Å². The fourth-order valence-corrected chi connectivity index (χ4v) is 3.10. The number of hydrogen-bond donors (Lipinski definition) is 2. The molecule has 0 saturated heterocycles. The molecule has 0 bridgehead atoms. The molecule has 1 unspecified atom stereocenters. The summed E-state index contributed by atoms with van der Waals surface area (Å²) in [7, 11) is 0. The molecule has 0 aliphatic rings. The Morgan fingerprint density at radius 1 is 1.23 bits per heavy atom. The minimum absolute atomic E-state index is 0.164. The van der Waals surface area contributed by atoms with Gasteiger partial charge in [0.2, 0.25) is 0 Å². The van der Waals surface area contributed by atoms with E-state index in [1.54, 1.807) is 6.07 Å². The van der Waals surface area contributed by atoms with Crippen LogP contribution in [0.1, 0.15) is 34.6 Å². The third kappa shape index (κ3) is 3.85. The Balaban J connectivity index is 1.69. The summed E-state index contributed by atoms with van der Waals surface area (Å²) >= 11 is 3.33. The average molecular weight is 416 g/mol. The van der Waals surface area contributed by atoms with Crippen LogP contribution in [0.25, 0.3) is 11.1 Å². The first-order valence-corrected chi connectivity index (χ1v) is 9.10. The van der Waals surface area contributed by atoms with Gasteiger partial charge in [0.15, 0.2) is 5.69 Å². The van der Waals surface area contributed by atoms with Crippen molar-refractivity contribution in [3.8, 4) is 11.1 Å². The van der Waals surface area contributed by atoms with Gasteiger partial charge in [-0.05, 0) is 45.6 Å². The normalized spacial score (nSPS) is 12.0. The summed E-state index contributed by atoms with van der Waals surface area (Å²) in [5, 5.41) is 9.53. The molecule has 6 heteroatoms. The molecule has 1 aromatic heterocycles. The van der Waals surface area contributed by atoms with Crippen molar-refractivity contribution in [2.24, 2.45) is 0 Å². The van der Waals surface area contributed by atoms with Crippen LogP contribution in [0.2, 0.25) is 0 Å². The molecule has 3 aromatic rings. The van der Waals surface area contributed by atoms with Crippen LogP contribution in [0.3, 0.4) is 0 Å². The van der Waals surface area contributed by atoms with E-state index >= 15 is 0 Å². The molecule has 2 N–H and O–H groups in total. The van der Waals surface area contributed by atoms with E-state index in [1.165, 1.54) is 6.07 Å². The highest BCUT2D eigenvalue weighted by Crippen LogP contribution is 2.25. The molecule has 1 amide bonds. The number of carbonyl (C=O) groups excluding carboxylic acids is 1. The zero-order chi connectivity index (χ0) is 18.7. The summed E-state index contributed by atoms with van der Waals surface area (Å²) in [5.41, 5.74) is 3.46. The third-order valence-electron chi connectivity index (χ3n) is 4.29. The van der Waals surface area contributed by atoms with Gasteiger partial charge in [0.25, 0.3) is 5.91 Å². The van der Waals surface area contributed by atoms with Crippen molar-refractivity contribution >= 4 is 21.8 Å². The van der Waals surface area contributed by atoms with Crippen molar-refractivity contribution in [1.29, 1.82) is 0 Å². The van der Waals surface area contributed by atoms with E-state index < -0.39 is 0 Å². The number of rotatable bonds is 5. The Kier molecular flexibility index (Phi) is 5.52. The Labute approximate surface area is 160 Å². The Bertz CT molecular complexity index is 924. The standard InChI is InChI=1S/C20H19BrFN3O/c1-12(11-23-20(26)19-18(21)13(2)24-25-19)16-9-8-15(10-17(16)22)14-6-4-3-5-7-14/h3-10,12H,11H2,1-2H3,(H,23,26)(H,24,25). The van der Waals surface area contributed by atoms with Crippen molar-refractivity contribution in [2.75, 3.05) is 6.54 Å². The van der Waals surface area contributed by atoms with Gasteiger partial charge in [-0.3, -0.25) is 9.89 Å². The molecule has 3 rings (SSSR count). The summed E-state index contributed by atoms with van der Waals surface area (Å²) in [5.74, 6) is -0.734. The van der Waals surface area contributed by atoms with E-state index in [-0.39, 0.29) is 17.6 Å². The molecule has 0 fully saturated rings. The number of hydrogen-bond acceptors (Lipinski definition) is 2. The van der Waals surface area contributed by atoms with E-state index in [1.807, 2.05) is 50.2 Å². The van der Waals surface area contributed by atoms with Gasteiger partial charge >= 0.3 is 0 Å². The number of carbonyl (C=O) groups is 1. The monoisotopic (exact) mass is 415 g/mol. The first-order chi connectivity index (χ1) is 12.5. The van der Waals surface area contributed by atoms with Crippen LogP contribution in [0.15, 0.2) is 53.0 Å². The van der Waals surface area contributed by atoms with Gasteiger partial charge in [0.1, 0.15) is 5.82 Å². The molecule has 26 heavy (non-hydrogen) atoms. The first kappa shape index (κ1) is 18.3. The van der Waals surface area contributed by atoms with Crippen LogP contribution in [0.5, 0.6) is 0 Å². The van der Waals surface area contributed by atoms with E-state index in [0.717, 1.165) is 16.8 Å². The maximum Gasteiger partial charge on any atom is 0.272 e. The van der Waals surface area contributed by atoms with Crippen LogP contribution in [-0.2, 0) is 0 Å². The lowest BCUT2D eigenvalue weighted by atomic mass is 9.96. The number of aryl methyl sites for hydroxylation is 1. The minimum Gasteiger partial charge on any atom is -0.350 e. The summed E-state index contributed by atoms with van der Waals surface area (Å²) in [6, 6.07) is 14.9. The summed E-state index contributed by atoms with van der Waals surface area (Å²) in [6.07, 6.45) is 0. The summed E-state index contributed by atoms with van der Waals surface area (Å²) in [6.45, 7) is 4.02.